The van der Waals surface area contributed by atoms with Crippen LogP contribution in [0.5, 0.6) is 17.2 Å². The van der Waals surface area contributed by atoms with Crippen molar-refractivity contribution in [3.8, 4) is 17.2 Å². The van der Waals surface area contributed by atoms with Gasteiger partial charge in [-0.2, -0.15) is 0 Å². The maximum Gasteiger partial charge on any atom is 0.335 e. The third-order valence-electron chi connectivity index (χ3n) is 6.55. The molecule has 4 amide bonds. The van der Waals surface area contributed by atoms with Gasteiger partial charge in [-0.3, -0.25) is 14.9 Å². The Hall–Kier alpha value is -4.21. The number of hydrogen-bond acceptors (Lipinski definition) is 6. The summed E-state index contributed by atoms with van der Waals surface area (Å²) in [5.74, 6) is -0.612. The Morgan fingerprint density at radius 3 is 2.16 bits per heavy atom. The Balaban J connectivity index is 1.35. The average molecular weight is 686 g/mol. The number of amides is 4. The zero-order valence-corrected chi connectivity index (χ0v) is 26.6. The molecule has 1 aliphatic rings. The van der Waals surface area contributed by atoms with Gasteiger partial charge < -0.3 is 14.2 Å². The summed E-state index contributed by atoms with van der Waals surface area (Å²) in [6.45, 7) is 2.45. The summed E-state index contributed by atoms with van der Waals surface area (Å²) in [7, 11) is 0. The first-order chi connectivity index (χ1) is 21.6. The smallest absolute Gasteiger partial charge is 0.335 e. The van der Waals surface area contributed by atoms with Crippen LogP contribution in [0.3, 0.4) is 0 Å². The van der Waals surface area contributed by atoms with Crippen LogP contribution in [0, 0.1) is 0 Å². The Labute approximate surface area is 279 Å². The minimum Gasteiger partial charge on any atom is -0.490 e. The summed E-state index contributed by atoms with van der Waals surface area (Å²) in [6, 6.07) is 20.8. The fraction of sp³-hybridized carbons (Fsp3) is 0.121. The van der Waals surface area contributed by atoms with Gasteiger partial charge in [-0.25, -0.2) is 9.69 Å². The zero-order valence-electron chi connectivity index (χ0n) is 23.6. The summed E-state index contributed by atoms with van der Waals surface area (Å²) < 4.78 is 17.5. The molecule has 0 spiro atoms. The van der Waals surface area contributed by atoms with Crippen LogP contribution in [-0.2, 0) is 22.8 Å². The molecule has 0 aliphatic carbocycles. The van der Waals surface area contributed by atoms with Crippen LogP contribution in [0.1, 0.15) is 23.6 Å². The van der Waals surface area contributed by atoms with E-state index in [1.807, 2.05) is 12.1 Å². The van der Waals surface area contributed by atoms with Gasteiger partial charge >= 0.3 is 6.03 Å². The van der Waals surface area contributed by atoms with Crippen molar-refractivity contribution in [3.05, 3.63) is 121 Å². The number of barbiturate groups is 1. The third kappa shape index (κ3) is 7.72. The number of anilines is 1. The molecule has 4 aromatic carbocycles. The highest BCUT2D eigenvalue weighted by Gasteiger charge is 2.37. The molecule has 0 aromatic heterocycles. The van der Waals surface area contributed by atoms with Crippen molar-refractivity contribution in [3.63, 3.8) is 0 Å². The minimum absolute atomic E-state index is 0.0825. The van der Waals surface area contributed by atoms with E-state index in [9.17, 15) is 14.4 Å². The molecular weight excluding hydrogens is 662 g/mol. The fourth-order valence-electron chi connectivity index (χ4n) is 4.36. The SMILES string of the molecule is CCOc1cc(/C=C2\C(=O)NC(=O)N(c3ccc(OCc4ccc(Cl)cc4)cc3)C2=O)cc(Cl)c1OCc1ccc(Cl)cc1Cl. The number of nitrogens with one attached hydrogen (secondary N) is 1. The van der Waals surface area contributed by atoms with Gasteiger partial charge in [-0.15, -0.1) is 0 Å². The Kier molecular flexibility index (Phi) is 10.2. The van der Waals surface area contributed by atoms with Crippen molar-refractivity contribution in [1.82, 2.24) is 5.32 Å². The molecule has 0 atom stereocenters. The second-order valence-corrected chi connectivity index (χ2v) is 11.3. The quantitative estimate of drug-likeness (QED) is 0.133. The number of carbonyl (C=O) groups is 3. The molecule has 5 rings (SSSR count). The number of nitrogens with zero attached hydrogens (tertiary/aromatic N) is 1. The first kappa shape index (κ1) is 32.2. The lowest BCUT2D eigenvalue weighted by molar-refractivity contribution is -0.122. The number of benzene rings is 4. The minimum atomic E-state index is -0.880. The summed E-state index contributed by atoms with van der Waals surface area (Å²) in [5, 5.41) is 3.93. The topological polar surface area (TPSA) is 94.2 Å². The molecular formula is C33H24Cl4N2O6. The molecule has 12 heteroatoms. The van der Waals surface area contributed by atoms with Gasteiger partial charge in [-0.05, 0) is 84.8 Å². The average Bonchev–Trinajstić information content (AvgIpc) is 3.00. The molecule has 0 bridgehead atoms. The highest BCUT2D eigenvalue weighted by atomic mass is 35.5. The van der Waals surface area contributed by atoms with Crippen molar-refractivity contribution in [2.24, 2.45) is 0 Å². The number of ether oxygens (including phenoxy) is 3. The van der Waals surface area contributed by atoms with Crippen molar-refractivity contribution in [1.29, 1.82) is 0 Å². The maximum atomic E-state index is 13.5. The van der Waals surface area contributed by atoms with Gasteiger partial charge in [0.25, 0.3) is 11.8 Å². The normalized spacial score (nSPS) is 14.0. The van der Waals surface area contributed by atoms with E-state index in [1.54, 1.807) is 67.6 Å². The number of halogens is 4. The Morgan fingerprint density at radius 1 is 0.756 bits per heavy atom. The molecule has 1 fully saturated rings. The first-order valence-electron chi connectivity index (χ1n) is 13.5. The summed E-state index contributed by atoms with van der Waals surface area (Å²) in [5.41, 5.74) is 1.94. The standard InChI is InChI=1S/C33H24Cl4N2O6/c1-2-43-29-15-20(14-28(37)30(29)45-18-21-5-8-23(35)16-27(21)36)13-26-31(40)38-33(42)39(32(26)41)24-9-11-25(12-10-24)44-17-19-3-6-22(34)7-4-19/h3-16H,2,17-18H2,1H3,(H,38,40,42)/b26-13+. The molecule has 230 valence electrons. The van der Waals surface area contributed by atoms with Gasteiger partial charge in [0.15, 0.2) is 11.5 Å². The van der Waals surface area contributed by atoms with Crippen LogP contribution in [0.25, 0.3) is 6.08 Å². The van der Waals surface area contributed by atoms with Crippen LogP contribution in [0.15, 0.2) is 84.4 Å². The van der Waals surface area contributed by atoms with Gasteiger partial charge in [-0.1, -0.05) is 64.6 Å². The van der Waals surface area contributed by atoms with Crippen LogP contribution in [0.2, 0.25) is 20.1 Å². The van der Waals surface area contributed by atoms with Crippen LogP contribution < -0.4 is 24.4 Å². The van der Waals surface area contributed by atoms with Gasteiger partial charge in [0, 0.05) is 20.6 Å². The van der Waals surface area contributed by atoms with E-state index in [2.05, 4.69) is 5.32 Å². The second-order valence-electron chi connectivity index (χ2n) is 9.65. The monoisotopic (exact) mass is 684 g/mol. The number of carbonyl (C=O) groups excluding carboxylic acids is 3. The molecule has 1 N–H and O–H groups in total. The lowest BCUT2D eigenvalue weighted by Gasteiger charge is -2.26. The van der Waals surface area contributed by atoms with Crippen molar-refractivity contribution < 1.29 is 28.6 Å². The highest BCUT2D eigenvalue weighted by molar-refractivity contribution is 6.39. The van der Waals surface area contributed by atoms with E-state index in [-0.39, 0.29) is 41.0 Å². The van der Waals surface area contributed by atoms with Gasteiger partial charge in [0.2, 0.25) is 0 Å². The fourth-order valence-corrected chi connectivity index (χ4v) is 5.22. The van der Waals surface area contributed by atoms with Crippen molar-refractivity contribution in [2.45, 2.75) is 20.1 Å². The van der Waals surface area contributed by atoms with E-state index >= 15 is 0 Å². The molecule has 4 aromatic rings. The van der Waals surface area contributed by atoms with E-state index in [0.29, 0.717) is 38.6 Å². The molecule has 0 radical (unpaired) electrons. The van der Waals surface area contributed by atoms with E-state index in [0.717, 1.165) is 10.5 Å². The predicted octanol–water partition coefficient (Wildman–Crippen LogP) is 8.52. The molecule has 0 unspecified atom stereocenters. The lowest BCUT2D eigenvalue weighted by atomic mass is 10.1. The van der Waals surface area contributed by atoms with Crippen molar-refractivity contribution in [2.75, 3.05) is 11.5 Å². The summed E-state index contributed by atoms with van der Waals surface area (Å²) in [6.07, 6.45) is 1.33. The zero-order chi connectivity index (χ0) is 32.1. The summed E-state index contributed by atoms with van der Waals surface area (Å²) in [4.78, 5) is 39.9. The van der Waals surface area contributed by atoms with Crippen molar-refractivity contribution >= 4 is 76.0 Å². The van der Waals surface area contributed by atoms with Gasteiger partial charge in [0.1, 0.15) is 24.5 Å². The number of rotatable bonds is 10. The van der Waals surface area contributed by atoms with E-state index in [4.69, 9.17) is 60.6 Å². The molecule has 45 heavy (non-hydrogen) atoms. The molecule has 1 heterocycles. The number of urea groups is 1. The number of imide groups is 2. The maximum absolute atomic E-state index is 13.5. The summed E-state index contributed by atoms with van der Waals surface area (Å²) >= 11 is 24.7. The molecule has 1 saturated heterocycles. The predicted molar refractivity (Wildman–Crippen MR) is 175 cm³/mol. The largest absolute Gasteiger partial charge is 0.490 e. The molecule has 0 saturated carbocycles. The van der Waals surface area contributed by atoms with E-state index < -0.39 is 17.8 Å². The van der Waals surface area contributed by atoms with E-state index in [1.165, 1.54) is 12.1 Å². The van der Waals surface area contributed by atoms with Crippen LogP contribution >= 0.6 is 46.4 Å². The lowest BCUT2D eigenvalue weighted by Crippen LogP contribution is -2.54. The number of hydrogen-bond donors (Lipinski definition) is 1. The third-order valence-corrected chi connectivity index (χ3v) is 7.66. The van der Waals surface area contributed by atoms with Gasteiger partial charge in [0.05, 0.1) is 17.3 Å². The Bertz CT molecular complexity index is 1790. The van der Waals surface area contributed by atoms with Crippen LogP contribution in [-0.4, -0.2) is 24.5 Å². The Morgan fingerprint density at radius 2 is 1.47 bits per heavy atom. The molecule has 1 aliphatic heterocycles. The van der Waals surface area contributed by atoms with Crippen LogP contribution in [0.4, 0.5) is 10.5 Å². The molecule has 8 nitrogen and oxygen atoms in total. The highest BCUT2D eigenvalue weighted by Crippen LogP contribution is 2.38. The second kappa shape index (κ2) is 14.3. The first-order valence-corrected chi connectivity index (χ1v) is 15.1.